The van der Waals surface area contributed by atoms with Crippen LogP contribution in [-0.2, 0) is 32.6 Å². The lowest BCUT2D eigenvalue weighted by atomic mass is 9.94. The van der Waals surface area contributed by atoms with E-state index in [1.807, 2.05) is 37.3 Å². The average molecular weight is 702 g/mol. The Kier molecular flexibility index (Phi) is 12.1. The Hall–Kier alpha value is -4.90. The summed E-state index contributed by atoms with van der Waals surface area (Å²) in [6, 6.07) is 25.2. The molecule has 0 bridgehead atoms. The highest BCUT2D eigenvalue weighted by Gasteiger charge is 2.36. The molecule has 5 rings (SSSR count). The van der Waals surface area contributed by atoms with E-state index in [2.05, 4.69) is 5.32 Å². The summed E-state index contributed by atoms with van der Waals surface area (Å²) >= 11 is 0. The molecule has 0 radical (unpaired) electrons. The van der Waals surface area contributed by atoms with Gasteiger partial charge in [0.15, 0.2) is 11.5 Å². The molecule has 0 aliphatic heterocycles. The fourth-order valence-electron chi connectivity index (χ4n) is 6.25. The van der Waals surface area contributed by atoms with E-state index in [1.165, 1.54) is 43.4 Å². The van der Waals surface area contributed by atoms with E-state index in [0.717, 1.165) is 47.5 Å². The molecule has 1 atom stereocenters. The van der Waals surface area contributed by atoms with Gasteiger partial charge in [0.05, 0.1) is 24.8 Å². The van der Waals surface area contributed by atoms with Gasteiger partial charge in [-0.1, -0.05) is 85.5 Å². The minimum atomic E-state index is -4.39. The minimum absolute atomic E-state index is 0.0468. The summed E-state index contributed by atoms with van der Waals surface area (Å²) < 4.78 is 55.8. The van der Waals surface area contributed by atoms with Crippen molar-refractivity contribution < 1.29 is 31.9 Å². The maximum atomic E-state index is 15.2. The standard InChI is InChI=1S/C39H44FN3O6S/c1-28-18-20-32(21-19-28)43(50(46,47)33-22-23-36(48-2)37(25-33)49-3)27-38(44)42(26-30-14-10-11-17-34(30)40)35(24-29-12-6-4-7-13-29)39(45)41-31-15-8-5-9-16-31/h4,6-7,10-14,17-23,25,31,35H,5,8-9,15-16,24,26-27H2,1-3H3,(H,41,45). The zero-order valence-electron chi connectivity index (χ0n) is 28.7. The number of carbonyl (C=O) groups excluding carboxylic acids is 2. The maximum Gasteiger partial charge on any atom is 0.264 e. The number of anilines is 1. The molecule has 0 heterocycles. The third kappa shape index (κ3) is 8.81. The number of halogens is 1. The van der Waals surface area contributed by atoms with Crippen molar-refractivity contribution in [3.8, 4) is 11.5 Å². The number of sulfonamides is 1. The van der Waals surface area contributed by atoms with Crippen LogP contribution in [0.5, 0.6) is 11.5 Å². The lowest BCUT2D eigenvalue weighted by Crippen LogP contribution is -2.55. The summed E-state index contributed by atoms with van der Waals surface area (Å²) in [6.07, 6.45) is 4.89. The van der Waals surface area contributed by atoms with Crippen LogP contribution in [0.15, 0.2) is 102 Å². The molecule has 1 aliphatic rings. The zero-order chi connectivity index (χ0) is 35.7. The number of aryl methyl sites for hydroxylation is 1. The van der Waals surface area contributed by atoms with E-state index in [9.17, 15) is 18.0 Å². The summed E-state index contributed by atoms with van der Waals surface area (Å²) in [6.45, 7) is 0.965. The smallest absolute Gasteiger partial charge is 0.264 e. The Bertz CT molecular complexity index is 1860. The molecule has 1 unspecified atom stereocenters. The van der Waals surface area contributed by atoms with Crippen molar-refractivity contribution in [1.82, 2.24) is 10.2 Å². The van der Waals surface area contributed by atoms with Crippen molar-refractivity contribution in [3.05, 3.63) is 120 Å². The molecule has 4 aromatic carbocycles. The highest BCUT2D eigenvalue weighted by molar-refractivity contribution is 7.92. The first-order valence-corrected chi connectivity index (χ1v) is 18.2. The number of hydrogen-bond donors (Lipinski definition) is 1. The van der Waals surface area contributed by atoms with Crippen LogP contribution < -0.4 is 19.1 Å². The van der Waals surface area contributed by atoms with Gasteiger partial charge in [0.1, 0.15) is 18.4 Å². The number of benzene rings is 4. The van der Waals surface area contributed by atoms with Gasteiger partial charge in [0.25, 0.3) is 10.0 Å². The summed E-state index contributed by atoms with van der Waals surface area (Å²) in [4.78, 5) is 30.1. The quantitative estimate of drug-likeness (QED) is 0.162. The van der Waals surface area contributed by atoms with Gasteiger partial charge in [-0.15, -0.1) is 0 Å². The van der Waals surface area contributed by atoms with E-state index in [0.29, 0.717) is 5.75 Å². The van der Waals surface area contributed by atoms with E-state index < -0.39 is 34.3 Å². The van der Waals surface area contributed by atoms with Crippen molar-refractivity contribution >= 4 is 27.5 Å². The second kappa shape index (κ2) is 16.7. The molecule has 1 fully saturated rings. The number of rotatable bonds is 14. The maximum absolute atomic E-state index is 15.2. The van der Waals surface area contributed by atoms with Crippen molar-refractivity contribution in [3.63, 3.8) is 0 Å². The predicted octanol–water partition coefficient (Wildman–Crippen LogP) is 6.44. The third-order valence-corrected chi connectivity index (χ3v) is 10.8. The second-order valence-corrected chi connectivity index (χ2v) is 14.4. The molecule has 1 aliphatic carbocycles. The highest BCUT2D eigenvalue weighted by Crippen LogP contribution is 2.33. The minimum Gasteiger partial charge on any atom is -0.493 e. The lowest BCUT2D eigenvalue weighted by molar-refractivity contribution is -0.140. The van der Waals surface area contributed by atoms with Crippen LogP contribution in [0.25, 0.3) is 0 Å². The number of nitrogens with zero attached hydrogens (tertiary/aromatic N) is 2. The summed E-state index contributed by atoms with van der Waals surface area (Å²) in [5, 5.41) is 3.16. The van der Waals surface area contributed by atoms with Gasteiger partial charge in [-0.3, -0.25) is 13.9 Å². The SMILES string of the molecule is COc1ccc(S(=O)(=O)N(CC(=O)N(Cc2ccccc2F)C(Cc2ccccc2)C(=O)NC2CCCCC2)c2ccc(C)cc2)cc1OC. The number of methoxy groups -OCH3 is 2. The Balaban J connectivity index is 1.58. The first kappa shape index (κ1) is 36.4. The molecule has 0 saturated heterocycles. The summed E-state index contributed by atoms with van der Waals surface area (Å²) in [5.74, 6) is -1.03. The molecule has 11 heteroatoms. The topological polar surface area (TPSA) is 105 Å². The van der Waals surface area contributed by atoms with Crippen molar-refractivity contribution in [2.45, 2.75) is 69.0 Å². The Labute approximate surface area is 294 Å². The second-order valence-electron chi connectivity index (χ2n) is 12.5. The van der Waals surface area contributed by atoms with Crippen LogP contribution in [0, 0.1) is 12.7 Å². The van der Waals surface area contributed by atoms with Gasteiger partial charge in [-0.25, -0.2) is 12.8 Å². The van der Waals surface area contributed by atoms with Crippen molar-refractivity contribution in [2.24, 2.45) is 0 Å². The Morgan fingerprint density at radius 3 is 2.18 bits per heavy atom. The fourth-order valence-corrected chi connectivity index (χ4v) is 7.68. The lowest BCUT2D eigenvalue weighted by Gasteiger charge is -2.35. The first-order valence-electron chi connectivity index (χ1n) is 16.8. The molecule has 50 heavy (non-hydrogen) atoms. The predicted molar refractivity (Wildman–Crippen MR) is 191 cm³/mol. The van der Waals surface area contributed by atoms with Crippen molar-refractivity contribution in [1.29, 1.82) is 0 Å². The van der Waals surface area contributed by atoms with Crippen LogP contribution in [-0.4, -0.2) is 58.0 Å². The normalized spacial score (nSPS) is 14.0. The van der Waals surface area contributed by atoms with Gasteiger partial charge in [0, 0.05) is 30.6 Å². The van der Waals surface area contributed by atoms with Gasteiger partial charge in [0.2, 0.25) is 11.8 Å². The van der Waals surface area contributed by atoms with Crippen molar-refractivity contribution in [2.75, 3.05) is 25.1 Å². The van der Waals surface area contributed by atoms with Gasteiger partial charge in [-0.05, 0) is 55.7 Å². The molecular formula is C39H44FN3O6S. The number of carbonyl (C=O) groups is 2. The third-order valence-electron chi connectivity index (χ3n) is 9.06. The zero-order valence-corrected chi connectivity index (χ0v) is 29.5. The van der Waals surface area contributed by atoms with E-state index >= 15 is 4.39 Å². The monoisotopic (exact) mass is 701 g/mol. The molecule has 2 amide bonds. The number of nitrogens with one attached hydrogen (secondary N) is 1. The molecule has 264 valence electrons. The number of amides is 2. The average Bonchev–Trinajstić information content (AvgIpc) is 3.13. The van der Waals surface area contributed by atoms with Crippen LogP contribution in [0.1, 0.15) is 48.8 Å². The molecule has 4 aromatic rings. The molecular weight excluding hydrogens is 658 g/mol. The molecule has 1 saturated carbocycles. The van der Waals surface area contributed by atoms with E-state index in [1.54, 1.807) is 42.5 Å². The highest BCUT2D eigenvalue weighted by atomic mass is 32.2. The Morgan fingerprint density at radius 2 is 1.52 bits per heavy atom. The van der Waals surface area contributed by atoms with Gasteiger partial charge >= 0.3 is 0 Å². The van der Waals surface area contributed by atoms with Crippen LogP contribution in [0.4, 0.5) is 10.1 Å². The van der Waals surface area contributed by atoms with Crippen LogP contribution in [0.3, 0.4) is 0 Å². The number of hydrogen-bond acceptors (Lipinski definition) is 6. The summed E-state index contributed by atoms with van der Waals surface area (Å²) in [7, 11) is -1.53. The molecule has 9 nitrogen and oxygen atoms in total. The first-order chi connectivity index (χ1) is 24.1. The van der Waals surface area contributed by atoms with Crippen LogP contribution in [0.2, 0.25) is 0 Å². The number of ether oxygens (including phenoxy) is 2. The van der Waals surface area contributed by atoms with E-state index in [-0.39, 0.29) is 46.8 Å². The largest absolute Gasteiger partial charge is 0.493 e. The van der Waals surface area contributed by atoms with E-state index in [4.69, 9.17) is 9.47 Å². The molecule has 0 aromatic heterocycles. The Morgan fingerprint density at radius 1 is 0.860 bits per heavy atom. The molecule has 0 spiro atoms. The summed E-state index contributed by atoms with van der Waals surface area (Å²) in [5.41, 5.74) is 2.15. The molecule has 1 N–H and O–H groups in total. The fraction of sp³-hybridized carbons (Fsp3) is 0.333. The van der Waals surface area contributed by atoms with Crippen LogP contribution >= 0.6 is 0 Å². The van der Waals surface area contributed by atoms with Gasteiger partial charge < -0.3 is 19.7 Å². The van der Waals surface area contributed by atoms with Gasteiger partial charge in [-0.2, -0.15) is 0 Å².